The zero-order valence-corrected chi connectivity index (χ0v) is 10.5. The van der Waals surface area contributed by atoms with Crippen LogP contribution < -0.4 is 0 Å². The van der Waals surface area contributed by atoms with Gasteiger partial charge in [0.25, 0.3) is 0 Å². The molecule has 0 aromatic heterocycles. The van der Waals surface area contributed by atoms with Gasteiger partial charge in [-0.2, -0.15) is 0 Å². The molecule has 14 heavy (non-hydrogen) atoms. The molecule has 1 unspecified atom stereocenters. The van der Waals surface area contributed by atoms with Gasteiger partial charge in [0.05, 0.1) is 6.10 Å². The summed E-state index contributed by atoms with van der Waals surface area (Å²) in [5.74, 6) is 0.888. The lowest BCUT2D eigenvalue weighted by Gasteiger charge is -2.23. The fraction of sp³-hybridized carbons (Fsp3) is 1.00. The summed E-state index contributed by atoms with van der Waals surface area (Å²) >= 11 is 0. The molecule has 1 heterocycles. The smallest absolute Gasteiger partial charge is 0.0549 e. The van der Waals surface area contributed by atoms with Crippen LogP contribution in [0, 0.1) is 5.92 Å². The third kappa shape index (κ3) is 8.55. The fourth-order valence-corrected chi connectivity index (χ4v) is 1.72. The minimum atomic E-state index is 0.513. The Morgan fingerprint density at radius 1 is 1.07 bits per heavy atom. The van der Waals surface area contributed by atoms with E-state index in [0.717, 1.165) is 12.5 Å². The quantitative estimate of drug-likeness (QED) is 0.613. The minimum Gasteiger partial charge on any atom is -0.378 e. The number of ether oxygens (including phenoxy) is 1. The molecule has 0 amide bonds. The Labute approximate surface area is 90.2 Å². The van der Waals surface area contributed by atoms with E-state index in [1.54, 1.807) is 0 Å². The molecule has 1 nitrogen and oxygen atoms in total. The molecule has 1 rings (SSSR count). The lowest BCUT2D eigenvalue weighted by atomic mass is 9.99. The van der Waals surface area contributed by atoms with Crippen molar-refractivity contribution in [1.29, 1.82) is 0 Å². The highest BCUT2D eigenvalue weighted by molar-refractivity contribution is 4.63. The van der Waals surface area contributed by atoms with E-state index in [1.807, 2.05) is 0 Å². The number of unbranched alkanes of at least 4 members (excludes halogenated alkanes) is 3. The normalized spacial score (nSPS) is 26.6. The summed E-state index contributed by atoms with van der Waals surface area (Å²) in [7, 11) is 0. The molecule has 1 fully saturated rings. The van der Waals surface area contributed by atoms with Crippen molar-refractivity contribution >= 4 is 0 Å². The zero-order chi connectivity index (χ0) is 10.8. The molecule has 1 saturated heterocycles. The van der Waals surface area contributed by atoms with Crippen LogP contribution in [0.4, 0.5) is 0 Å². The van der Waals surface area contributed by atoms with E-state index in [-0.39, 0.29) is 0 Å². The fourth-order valence-electron chi connectivity index (χ4n) is 1.72. The van der Waals surface area contributed by atoms with Gasteiger partial charge in [-0.3, -0.25) is 0 Å². The summed E-state index contributed by atoms with van der Waals surface area (Å²) in [4.78, 5) is 0. The third-order valence-corrected chi connectivity index (χ3v) is 2.70. The molecule has 1 aliphatic heterocycles. The molecule has 0 saturated carbocycles. The molecule has 0 aliphatic carbocycles. The first kappa shape index (κ1) is 14.0. The predicted molar refractivity (Wildman–Crippen MR) is 63.6 cm³/mol. The summed E-state index contributed by atoms with van der Waals surface area (Å²) in [5.41, 5.74) is 0. The Morgan fingerprint density at radius 3 is 1.93 bits per heavy atom. The van der Waals surface area contributed by atoms with E-state index >= 15 is 0 Å². The van der Waals surface area contributed by atoms with Crippen molar-refractivity contribution in [3.63, 3.8) is 0 Å². The van der Waals surface area contributed by atoms with Crippen LogP contribution in [0.3, 0.4) is 0 Å². The van der Waals surface area contributed by atoms with Crippen LogP contribution in [-0.2, 0) is 4.74 Å². The average Bonchev–Trinajstić information content (AvgIpc) is 2.15. The molecule has 0 aromatic rings. The van der Waals surface area contributed by atoms with Crippen molar-refractivity contribution in [2.75, 3.05) is 6.61 Å². The maximum absolute atomic E-state index is 5.35. The van der Waals surface area contributed by atoms with E-state index in [2.05, 4.69) is 27.7 Å². The number of rotatable bonds is 3. The van der Waals surface area contributed by atoms with Gasteiger partial charge in [0.15, 0.2) is 0 Å². The second kappa shape index (κ2) is 9.51. The van der Waals surface area contributed by atoms with Gasteiger partial charge in [0.2, 0.25) is 0 Å². The molecule has 1 aliphatic rings. The Kier molecular flexibility index (Phi) is 9.49. The van der Waals surface area contributed by atoms with E-state index in [4.69, 9.17) is 4.74 Å². The highest BCUT2D eigenvalue weighted by Crippen LogP contribution is 2.18. The molecule has 0 aromatic carbocycles. The van der Waals surface area contributed by atoms with E-state index in [0.29, 0.717) is 6.10 Å². The third-order valence-electron chi connectivity index (χ3n) is 2.70. The van der Waals surface area contributed by atoms with Crippen LogP contribution in [0.2, 0.25) is 0 Å². The molecule has 1 heteroatoms. The first-order chi connectivity index (χ1) is 6.70. The second-order valence-electron chi connectivity index (χ2n) is 4.52. The molecule has 0 spiro atoms. The van der Waals surface area contributed by atoms with Crippen LogP contribution in [0.15, 0.2) is 0 Å². The molecule has 2 atom stereocenters. The maximum atomic E-state index is 5.35. The molecule has 86 valence electrons. The van der Waals surface area contributed by atoms with Crippen molar-refractivity contribution in [3.05, 3.63) is 0 Å². The molecule has 0 N–H and O–H groups in total. The van der Waals surface area contributed by atoms with Gasteiger partial charge in [0, 0.05) is 6.61 Å². The number of hydrogen-bond donors (Lipinski definition) is 0. The van der Waals surface area contributed by atoms with Gasteiger partial charge in [0.1, 0.15) is 0 Å². The molecular weight excluding hydrogens is 172 g/mol. The van der Waals surface area contributed by atoms with Crippen molar-refractivity contribution in [2.45, 2.75) is 72.3 Å². The lowest BCUT2D eigenvalue weighted by Crippen LogP contribution is -2.20. The lowest BCUT2D eigenvalue weighted by molar-refractivity contribution is 0.00682. The van der Waals surface area contributed by atoms with Gasteiger partial charge < -0.3 is 4.74 Å². The van der Waals surface area contributed by atoms with E-state index < -0.39 is 0 Å². The summed E-state index contributed by atoms with van der Waals surface area (Å²) in [6.07, 6.45) is 8.55. The SMILES string of the molecule is CC1C[C@@H](C)CCO1.CCCCCC. The Bertz CT molecular complexity index is 99.8. The van der Waals surface area contributed by atoms with Crippen LogP contribution in [0.25, 0.3) is 0 Å². The van der Waals surface area contributed by atoms with Crippen LogP contribution >= 0.6 is 0 Å². The number of hydrogen-bond acceptors (Lipinski definition) is 1. The van der Waals surface area contributed by atoms with Gasteiger partial charge in [-0.15, -0.1) is 0 Å². The van der Waals surface area contributed by atoms with Crippen molar-refractivity contribution in [2.24, 2.45) is 5.92 Å². The minimum absolute atomic E-state index is 0.513. The van der Waals surface area contributed by atoms with Crippen molar-refractivity contribution in [3.8, 4) is 0 Å². The van der Waals surface area contributed by atoms with Gasteiger partial charge in [-0.1, -0.05) is 46.5 Å². The summed E-state index contributed by atoms with van der Waals surface area (Å²) < 4.78 is 5.35. The summed E-state index contributed by atoms with van der Waals surface area (Å²) in [6.45, 7) is 9.88. The summed E-state index contributed by atoms with van der Waals surface area (Å²) in [6, 6.07) is 0. The first-order valence-electron chi connectivity index (χ1n) is 6.32. The van der Waals surface area contributed by atoms with Crippen LogP contribution in [0.1, 0.15) is 66.2 Å². The van der Waals surface area contributed by atoms with Crippen LogP contribution in [0.5, 0.6) is 0 Å². The zero-order valence-electron chi connectivity index (χ0n) is 10.5. The van der Waals surface area contributed by atoms with Gasteiger partial charge in [-0.25, -0.2) is 0 Å². The Balaban J connectivity index is 0.000000255. The molecule has 0 radical (unpaired) electrons. The van der Waals surface area contributed by atoms with Crippen molar-refractivity contribution < 1.29 is 4.74 Å². The van der Waals surface area contributed by atoms with Gasteiger partial charge in [-0.05, 0) is 25.7 Å². The Morgan fingerprint density at radius 2 is 1.64 bits per heavy atom. The van der Waals surface area contributed by atoms with E-state index in [9.17, 15) is 0 Å². The van der Waals surface area contributed by atoms with E-state index in [1.165, 1.54) is 38.5 Å². The van der Waals surface area contributed by atoms with Crippen LogP contribution in [-0.4, -0.2) is 12.7 Å². The average molecular weight is 200 g/mol. The second-order valence-corrected chi connectivity index (χ2v) is 4.52. The monoisotopic (exact) mass is 200 g/mol. The van der Waals surface area contributed by atoms with Crippen molar-refractivity contribution in [1.82, 2.24) is 0 Å². The predicted octanol–water partition coefficient (Wildman–Crippen LogP) is 4.41. The van der Waals surface area contributed by atoms with Gasteiger partial charge >= 0.3 is 0 Å². The highest BCUT2D eigenvalue weighted by atomic mass is 16.5. The largest absolute Gasteiger partial charge is 0.378 e. The first-order valence-corrected chi connectivity index (χ1v) is 6.32. The summed E-state index contributed by atoms with van der Waals surface area (Å²) in [5, 5.41) is 0. The molecule has 0 bridgehead atoms. The Hall–Kier alpha value is -0.0400. The standard InChI is InChI=1S/C7H14O.C6H14/c1-6-3-4-8-7(2)5-6;1-3-5-6-4-2/h6-7H,3-5H2,1-2H3;3-6H2,1-2H3/t6-,7?;/m0./s1. The highest BCUT2D eigenvalue weighted by Gasteiger charge is 2.13. The maximum Gasteiger partial charge on any atom is 0.0549 e. The topological polar surface area (TPSA) is 9.23 Å². The molecular formula is C13H28O.